The Labute approximate surface area is 126 Å². The Hall–Kier alpha value is -0.620. The van der Waals surface area contributed by atoms with Gasteiger partial charge in [-0.2, -0.15) is 4.31 Å². The van der Waals surface area contributed by atoms with Gasteiger partial charge in [-0.05, 0) is 44.4 Å². The monoisotopic (exact) mass is 316 g/mol. The molecule has 1 aromatic rings. The molecule has 1 aliphatic rings. The van der Waals surface area contributed by atoms with Crippen molar-refractivity contribution < 1.29 is 8.42 Å². The van der Waals surface area contributed by atoms with Gasteiger partial charge in [-0.25, -0.2) is 8.42 Å². The lowest BCUT2D eigenvalue weighted by Gasteiger charge is -2.37. The van der Waals surface area contributed by atoms with Gasteiger partial charge in [0, 0.05) is 18.6 Å². The number of hydrogen-bond donors (Lipinski definition) is 1. The molecule has 112 valence electrons. The fraction of sp³-hybridized carbons (Fsp3) is 0.571. The molecule has 2 unspecified atom stereocenters. The first-order chi connectivity index (χ1) is 9.37. The summed E-state index contributed by atoms with van der Waals surface area (Å²) in [5.41, 5.74) is 6.37. The van der Waals surface area contributed by atoms with Gasteiger partial charge in [0.05, 0.1) is 5.02 Å². The minimum atomic E-state index is -3.56. The summed E-state index contributed by atoms with van der Waals surface area (Å²) >= 11 is 6.15. The standard InChI is InChI=1S/C14H21ClN2O2S/c1-10-4-3-5-11(2)17(10)20(18,19)14-7-6-12(9-16)8-13(14)15/h6-8,10-11H,3-5,9,16H2,1-2H3. The molecular formula is C14H21ClN2O2S. The smallest absolute Gasteiger partial charge is 0.245 e. The van der Waals surface area contributed by atoms with E-state index in [2.05, 4.69) is 0 Å². The van der Waals surface area contributed by atoms with Gasteiger partial charge in [0.15, 0.2) is 0 Å². The zero-order chi connectivity index (χ0) is 14.9. The highest BCUT2D eigenvalue weighted by atomic mass is 35.5. The Bertz CT molecular complexity index is 579. The third-order valence-corrected chi connectivity index (χ3v) is 6.51. The van der Waals surface area contributed by atoms with Crippen LogP contribution in [0.1, 0.15) is 38.7 Å². The van der Waals surface area contributed by atoms with Gasteiger partial charge < -0.3 is 5.73 Å². The Kier molecular flexibility index (Phi) is 4.74. The number of piperidine rings is 1. The van der Waals surface area contributed by atoms with E-state index in [0.29, 0.717) is 6.54 Å². The fourth-order valence-electron chi connectivity index (χ4n) is 2.87. The van der Waals surface area contributed by atoms with Crippen molar-refractivity contribution >= 4 is 21.6 Å². The summed E-state index contributed by atoms with van der Waals surface area (Å²) in [5.74, 6) is 0. The van der Waals surface area contributed by atoms with Gasteiger partial charge >= 0.3 is 0 Å². The SMILES string of the molecule is CC1CCCC(C)N1S(=O)(=O)c1ccc(CN)cc1Cl. The first-order valence-electron chi connectivity index (χ1n) is 6.90. The van der Waals surface area contributed by atoms with Crippen molar-refractivity contribution in [1.82, 2.24) is 4.31 Å². The number of nitrogens with zero attached hydrogens (tertiary/aromatic N) is 1. The average molecular weight is 317 g/mol. The Balaban J connectivity index is 2.44. The van der Waals surface area contributed by atoms with Crippen molar-refractivity contribution in [3.8, 4) is 0 Å². The summed E-state index contributed by atoms with van der Waals surface area (Å²) in [4.78, 5) is 0.178. The van der Waals surface area contributed by atoms with Crippen molar-refractivity contribution in [2.24, 2.45) is 5.73 Å². The maximum absolute atomic E-state index is 12.8. The third-order valence-electron chi connectivity index (χ3n) is 3.90. The molecule has 0 aromatic heterocycles. The highest BCUT2D eigenvalue weighted by molar-refractivity contribution is 7.89. The highest BCUT2D eigenvalue weighted by Crippen LogP contribution is 2.32. The van der Waals surface area contributed by atoms with Gasteiger partial charge in [-0.3, -0.25) is 0 Å². The second-order valence-corrected chi connectivity index (χ2v) is 7.65. The maximum Gasteiger partial charge on any atom is 0.245 e. The molecule has 1 fully saturated rings. The number of nitrogens with two attached hydrogens (primary N) is 1. The van der Waals surface area contributed by atoms with E-state index in [-0.39, 0.29) is 22.0 Å². The van der Waals surface area contributed by atoms with Gasteiger partial charge in [0.2, 0.25) is 10.0 Å². The number of benzene rings is 1. The van der Waals surface area contributed by atoms with Gasteiger partial charge in [0.1, 0.15) is 4.90 Å². The molecular weight excluding hydrogens is 296 g/mol. The minimum Gasteiger partial charge on any atom is -0.326 e. The van der Waals surface area contributed by atoms with Gasteiger partial charge in [0.25, 0.3) is 0 Å². The molecule has 20 heavy (non-hydrogen) atoms. The van der Waals surface area contributed by atoms with Crippen LogP contribution in [0.4, 0.5) is 0 Å². The first-order valence-corrected chi connectivity index (χ1v) is 8.71. The van der Waals surface area contributed by atoms with E-state index >= 15 is 0 Å². The van der Waals surface area contributed by atoms with Crippen LogP contribution in [0, 0.1) is 0 Å². The first kappa shape index (κ1) is 15.8. The van der Waals surface area contributed by atoms with Crippen LogP contribution in [0.15, 0.2) is 23.1 Å². The summed E-state index contributed by atoms with van der Waals surface area (Å²) in [6.07, 6.45) is 2.85. The van der Waals surface area contributed by atoms with Crippen molar-refractivity contribution in [2.75, 3.05) is 0 Å². The van der Waals surface area contributed by atoms with Crippen molar-refractivity contribution in [3.63, 3.8) is 0 Å². The van der Waals surface area contributed by atoms with Crippen LogP contribution in [0.5, 0.6) is 0 Å². The number of rotatable bonds is 3. The summed E-state index contributed by atoms with van der Waals surface area (Å²) in [7, 11) is -3.56. The number of sulfonamides is 1. The second-order valence-electron chi connectivity index (χ2n) is 5.43. The quantitative estimate of drug-likeness (QED) is 0.932. The lowest BCUT2D eigenvalue weighted by molar-refractivity contribution is 0.204. The zero-order valence-corrected chi connectivity index (χ0v) is 13.4. The van der Waals surface area contributed by atoms with Crippen LogP contribution in [-0.4, -0.2) is 24.8 Å². The predicted octanol–water partition coefficient (Wildman–Crippen LogP) is 2.75. The molecule has 4 nitrogen and oxygen atoms in total. The molecule has 0 saturated carbocycles. The Morgan fingerprint density at radius 2 is 1.90 bits per heavy atom. The van der Waals surface area contributed by atoms with Crippen LogP contribution in [0.25, 0.3) is 0 Å². The number of hydrogen-bond acceptors (Lipinski definition) is 3. The summed E-state index contributed by atoms with van der Waals surface area (Å²) in [5, 5.41) is 0.248. The Morgan fingerprint density at radius 1 is 1.30 bits per heavy atom. The topological polar surface area (TPSA) is 63.4 Å². The summed E-state index contributed by atoms with van der Waals surface area (Å²) in [6, 6.07) is 4.93. The number of halogens is 1. The lowest BCUT2D eigenvalue weighted by atomic mass is 10.0. The lowest BCUT2D eigenvalue weighted by Crippen LogP contribution is -2.47. The van der Waals surface area contributed by atoms with Crippen LogP contribution in [0.2, 0.25) is 5.02 Å². The highest BCUT2D eigenvalue weighted by Gasteiger charge is 2.36. The average Bonchev–Trinajstić information content (AvgIpc) is 2.37. The molecule has 1 saturated heterocycles. The third kappa shape index (κ3) is 2.86. The Morgan fingerprint density at radius 3 is 2.40 bits per heavy atom. The van der Waals surface area contributed by atoms with E-state index < -0.39 is 10.0 Å². The van der Waals surface area contributed by atoms with Gasteiger partial charge in [-0.1, -0.05) is 24.1 Å². The molecule has 2 atom stereocenters. The molecule has 1 heterocycles. The normalized spacial score (nSPS) is 24.8. The van der Waals surface area contributed by atoms with Crippen LogP contribution in [-0.2, 0) is 16.6 Å². The minimum absolute atomic E-state index is 0.00833. The molecule has 2 rings (SSSR count). The molecule has 2 N–H and O–H groups in total. The van der Waals surface area contributed by atoms with Crippen LogP contribution >= 0.6 is 11.6 Å². The maximum atomic E-state index is 12.8. The van der Waals surface area contributed by atoms with E-state index in [1.54, 1.807) is 22.5 Å². The predicted molar refractivity (Wildman–Crippen MR) is 81.1 cm³/mol. The molecule has 0 aliphatic carbocycles. The van der Waals surface area contributed by atoms with Crippen LogP contribution < -0.4 is 5.73 Å². The summed E-state index contributed by atoms with van der Waals surface area (Å²) < 4.78 is 27.3. The molecule has 6 heteroatoms. The fourth-order valence-corrected chi connectivity index (χ4v) is 5.29. The molecule has 1 aliphatic heterocycles. The van der Waals surface area contributed by atoms with Crippen LogP contribution in [0.3, 0.4) is 0 Å². The second kappa shape index (κ2) is 6.02. The van der Waals surface area contributed by atoms with E-state index in [9.17, 15) is 8.42 Å². The molecule has 0 amide bonds. The van der Waals surface area contributed by atoms with E-state index in [4.69, 9.17) is 17.3 Å². The molecule has 1 aromatic carbocycles. The van der Waals surface area contributed by atoms with E-state index in [0.717, 1.165) is 24.8 Å². The van der Waals surface area contributed by atoms with Crippen molar-refractivity contribution in [2.45, 2.75) is 56.6 Å². The van der Waals surface area contributed by atoms with Crippen molar-refractivity contribution in [1.29, 1.82) is 0 Å². The van der Waals surface area contributed by atoms with E-state index in [1.165, 1.54) is 0 Å². The zero-order valence-electron chi connectivity index (χ0n) is 11.8. The van der Waals surface area contributed by atoms with Crippen molar-refractivity contribution in [3.05, 3.63) is 28.8 Å². The molecule has 0 bridgehead atoms. The summed E-state index contributed by atoms with van der Waals surface area (Å²) in [6.45, 7) is 4.25. The van der Waals surface area contributed by atoms with Gasteiger partial charge in [-0.15, -0.1) is 0 Å². The van der Waals surface area contributed by atoms with E-state index in [1.807, 2.05) is 13.8 Å². The molecule has 0 spiro atoms. The molecule has 0 radical (unpaired) electrons. The largest absolute Gasteiger partial charge is 0.326 e.